The van der Waals surface area contributed by atoms with Crippen LogP contribution >= 0.6 is 0 Å². The van der Waals surface area contributed by atoms with Crippen LogP contribution in [0.5, 0.6) is 5.75 Å². The number of para-hydroxylation sites is 1. The lowest BCUT2D eigenvalue weighted by atomic mass is 10.0. The number of nitro groups is 1. The number of nitro benzene ring substituents is 1. The normalized spacial score (nSPS) is 14.9. The van der Waals surface area contributed by atoms with Crippen LogP contribution in [0.4, 0.5) is 11.6 Å². The lowest BCUT2D eigenvalue weighted by Crippen LogP contribution is -2.41. The monoisotopic (exact) mass is 449 g/mol. The molecule has 10 nitrogen and oxygen atoms in total. The van der Waals surface area contributed by atoms with Crippen LogP contribution in [0.2, 0.25) is 0 Å². The van der Waals surface area contributed by atoms with Crippen molar-refractivity contribution in [1.82, 2.24) is 9.88 Å². The summed E-state index contributed by atoms with van der Waals surface area (Å²) < 4.78 is 16.5. The van der Waals surface area contributed by atoms with Gasteiger partial charge in [0.05, 0.1) is 31.3 Å². The number of benzene rings is 2. The highest BCUT2D eigenvalue weighted by molar-refractivity contribution is 5.68. The molecular weight excluding hydrogens is 426 g/mol. The van der Waals surface area contributed by atoms with Crippen LogP contribution in [0.3, 0.4) is 0 Å². The van der Waals surface area contributed by atoms with Crippen molar-refractivity contribution in [2.24, 2.45) is 0 Å². The second-order valence-corrected chi connectivity index (χ2v) is 7.40. The highest BCUT2D eigenvalue weighted by atomic mass is 16.6. The Labute approximate surface area is 190 Å². The summed E-state index contributed by atoms with van der Waals surface area (Å²) in [5.41, 5.74) is 1.19. The summed E-state index contributed by atoms with van der Waals surface area (Å²) in [6, 6.07) is 15.9. The van der Waals surface area contributed by atoms with E-state index in [0.29, 0.717) is 19.8 Å². The van der Waals surface area contributed by atoms with Gasteiger partial charge in [-0.3, -0.25) is 15.0 Å². The predicted molar refractivity (Wildman–Crippen MR) is 120 cm³/mol. The lowest BCUT2D eigenvalue weighted by Gasteiger charge is -2.35. The van der Waals surface area contributed by atoms with Crippen LogP contribution in [0.1, 0.15) is 17.3 Å². The largest absolute Gasteiger partial charge is 0.497 e. The minimum Gasteiger partial charge on any atom is -0.497 e. The maximum atomic E-state index is 11.4. The zero-order valence-electron chi connectivity index (χ0n) is 18.1. The molecule has 1 atom stereocenters. The minimum atomic E-state index is -0.503. The maximum Gasteiger partial charge on any atom is 0.282 e. The van der Waals surface area contributed by atoms with Gasteiger partial charge in [-0.15, -0.1) is 0 Å². The number of aromatic nitrogens is 1. The number of rotatable bonds is 8. The molecule has 1 aliphatic heterocycles. The van der Waals surface area contributed by atoms with Crippen LogP contribution < -0.4 is 10.1 Å². The van der Waals surface area contributed by atoms with Gasteiger partial charge in [-0.05, 0) is 23.8 Å². The number of oxazole rings is 1. The zero-order valence-corrected chi connectivity index (χ0v) is 18.1. The Balaban J connectivity index is 1.60. The van der Waals surface area contributed by atoms with E-state index in [-0.39, 0.29) is 34.8 Å². The van der Waals surface area contributed by atoms with Crippen molar-refractivity contribution in [3.8, 4) is 23.3 Å². The minimum absolute atomic E-state index is 0.0220. The quantitative estimate of drug-likeness (QED) is 0.405. The van der Waals surface area contributed by atoms with Crippen molar-refractivity contribution in [1.29, 1.82) is 5.26 Å². The van der Waals surface area contributed by atoms with E-state index in [2.05, 4.69) is 15.2 Å². The van der Waals surface area contributed by atoms with Gasteiger partial charge in [0.1, 0.15) is 17.4 Å². The molecule has 3 aromatic rings. The van der Waals surface area contributed by atoms with E-state index in [1.807, 2.05) is 30.3 Å². The number of anilines is 1. The molecule has 1 saturated heterocycles. The lowest BCUT2D eigenvalue weighted by molar-refractivity contribution is -0.384. The number of nitrogens with zero attached hydrogens (tertiary/aromatic N) is 4. The van der Waals surface area contributed by atoms with Crippen LogP contribution in [-0.4, -0.2) is 54.8 Å². The van der Waals surface area contributed by atoms with E-state index in [1.54, 1.807) is 25.3 Å². The Bertz CT molecular complexity index is 1150. The highest BCUT2D eigenvalue weighted by Crippen LogP contribution is 2.33. The van der Waals surface area contributed by atoms with Gasteiger partial charge < -0.3 is 19.2 Å². The fourth-order valence-corrected chi connectivity index (χ4v) is 3.81. The SMILES string of the molecule is COc1ccc(C(CNc2oc(-c3ccccc3[N+](=O)[O-])nc2C#N)N2CCOCC2)cc1. The van der Waals surface area contributed by atoms with Gasteiger partial charge >= 0.3 is 0 Å². The van der Waals surface area contributed by atoms with Crippen LogP contribution in [-0.2, 0) is 4.74 Å². The third-order valence-corrected chi connectivity index (χ3v) is 5.51. The fraction of sp³-hybridized carbons (Fsp3) is 0.304. The smallest absolute Gasteiger partial charge is 0.282 e. The molecule has 1 unspecified atom stereocenters. The molecule has 10 heteroatoms. The Morgan fingerprint density at radius 1 is 1.24 bits per heavy atom. The molecule has 0 amide bonds. The number of morpholine rings is 1. The number of ether oxygens (including phenoxy) is 2. The Morgan fingerprint density at radius 3 is 2.64 bits per heavy atom. The van der Waals surface area contributed by atoms with E-state index in [1.165, 1.54) is 6.07 Å². The molecular formula is C23H23N5O5. The first-order chi connectivity index (χ1) is 16.1. The molecule has 0 saturated carbocycles. The molecule has 170 valence electrons. The van der Waals surface area contributed by atoms with Gasteiger partial charge in [0, 0.05) is 25.7 Å². The van der Waals surface area contributed by atoms with E-state index in [9.17, 15) is 15.4 Å². The summed E-state index contributed by atoms with van der Waals surface area (Å²) >= 11 is 0. The van der Waals surface area contributed by atoms with Gasteiger partial charge in [-0.1, -0.05) is 24.3 Å². The third kappa shape index (κ3) is 4.95. The third-order valence-electron chi connectivity index (χ3n) is 5.51. The van der Waals surface area contributed by atoms with Crippen molar-refractivity contribution >= 4 is 11.6 Å². The van der Waals surface area contributed by atoms with Gasteiger partial charge in [0.2, 0.25) is 17.5 Å². The molecule has 1 N–H and O–H groups in total. The second-order valence-electron chi connectivity index (χ2n) is 7.40. The Hall–Kier alpha value is -3.94. The molecule has 0 radical (unpaired) electrons. The average Bonchev–Trinajstić information content (AvgIpc) is 3.28. The van der Waals surface area contributed by atoms with E-state index < -0.39 is 4.92 Å². The average molecular weight is 449 g/mol. The fourth-order valence-electron chi connectivity index (χ4n) is 3.81. The maximum absolute atomic E-state index is 11.4. The van der Waals surface area contributed by atoms with Crippen LogP contribution in [0.25, 0.3) is 11.5 Å². The summed E-state index contributed by atoms with van der Waals surface area (Å²) in [5, 5.41) is 24.1. The van der Waals surface area contributed by atoms with Crippen LogP contribution in [0.15, 0.2) is 52.9 Å². The summed E-state index contributed by atoms with van der Waals surface area (Å²) in [6.45, 7) is 3.25. The standard InChI is InChI=1S/C23H23N5O5/c1-31-17-8-6-16(7-9-17)21(27-10-12-32-13-11-27)15-25-23-19(14-24)26-22(33-23)18-4-2-3-5-20(18)28(29)30/h2-9,21,25H,10-13,15H2,1H3. The topological polar surface area (TPSA) is 127 Å². The summed E-state index contributed by atoms with van der Waals surface area (Å²) in [7, 11) is 1.62. The van der Waals surface area contributed by atoms with Crippen molar-refractivity contribution in [2.75, 3.05) is 45.3 Å². The van der Waals surface area contributed by atoms with Crippen molar-refractivity contribution in [2.45, 2.75) is 6.04 Å². The van der Waals surface area contributed by atoms with Gasteiger partial charge in [-0.25, -0.2) is 0 Å². The molecule has 0 spiro atoms. The van der Waals surface area contributed by atoms with E-state index in [4.69, 9.17) is 13.9 Å². The van der Waals surface area contributed by atoms with Crippen molar-refractivity contribution < 1.29 is 18.8 Å². The van der Waals surface area contributed by atoms with E-state index >= 15 is 0 Å². The number of nitriles is 1. The number of hydrogen-bond acceptors (Lipinski definition) is 9. The Morgan fingerprint density at radius 2 is 1.97 bits per heavy atom. The molecule has 1 aromatic heterocycles. The second kappa shape index (κ2) is 10.1. The summed E-state index contributed by atoms with van der Waals surface area (Å²) in [6.07, 6.45) is 0. The van der Waals surface area contributed by atoms with E-state index in [0.717, 1.165) is 24.4 Å². The first kappa shape index (κ1) is 22.3. The molecule has 1 fully saturated rings. The zero-order chi connectivity index (χ0) is 23.2. The summed E-state index contributed by atoms with van der Waals surface area (Å²) in [5.74, 6) is 0.967. The van der Waals surface area contributed by atoms with Gasteiger partial charge in [0.25, 0.3) is 5.69 Å². The van der Waals surface area contributed by atoms with Gasteiger partial charge in [0.15, 0.2) is 0 Å². The predicted octanol–water partition coefficient (Wildman–Crippen LogP) is 3.62. The molecule has 4 rings (SSSR count). The first-order valence-corrected chi connectivity index (χ1v) is 10.4. The molecule has 33 heavy (non-hydrogen) atoms. The van der Waals surface area contributed by atoms with Gasteiger partial charge in [-0.2, -0.15) is 10.2 Å². The first-order valence-electron chi connectivity index (χ1n) is 10.4. The molecule has 2 heterocycles. The summed E-state index contributed by atoms with van der Waals surface area (Å²) in [4.78, 5) is 17.4. The van der Waals surface area contributed by atoms with Crippen LogP contribution in [0, 0.1) is 21.4 Å². The molecule has 0 aliphatic carbocycles. The number of methoxy groups -OCH3 is 1. The molecule has 0 bridgehead atoms. The Kier molecular flexibility index (Phi) is 6.83. The molecule has 2 aromatic carbocycles. The number of hydrogen-bond donors (Lipinski definition) is 1. The highest BCUT2D eigenvalue weighted by Gasteiger charge is 2.25. The molecule has 1 aliphatic rings. The van der Waals surface area contributed by atoms with Crippen molar-refractivity contribution in [3.05, 3.63) is 69.9 Å². The number of nitrogens with one attached hydrogen (secondary N) is 1. The van der Waals surface area contributed by atoms with Crippen molar-refractivity contribution in [3.63, 3.8) is 0 Å².